The Bertz CT molecular complexity index is 1010. The van der Waals surface area contributed by atoms with Crippen LogP contribution in [0.3, 0.4) is 0 Å². The lowest BCUT2D eigenvalue weighted by atomic mass is 10.1. The van der Waals surface area contributed by atoms with Gasteiger partial charge in [-0.1, -0.05) is 0 Å². The van der Waals surface area contributed by atoms with Gasteiger partial charge in [-0.2, -0.15) is 4.31 Å². The van der Waals surface area contributed by atoms with Gasteiger partial charge in [0.25, 0.3) is 5.56 Å². The second kappa shape index (κ2) is 7.44. The molecule has 0 spiro atoms. The monoisotopic (exact) mass is 394 g/mol. The first kappa shape index (κ1) is 19.6. The largest absolute Gasteiger partial charge is 0.490 e. The number of piperidine rings is 1. The number of benzene rings is 1. The summed E-state index contributed by atoms with van der Waals surface area (Å²) in [5.74, 6) is 0.0501. The van der Waals surface area contributed by atoms with Gasteiger partial charge in [0.15, 0.2) is 0 Å². The van der Waals surface area contributed by atoms with Crippen LogP contribution in [0.15, 0.2) is 40.0 Å². The summed E-state index contributed by atoms with van der Waals surface area (Å²) in [4.78, 5) is 12.0. The van der Waals surface area contributed by atoms with E-state index in [-0.39, 0.29) is 16.6 Å². The van der Waals surface area contributed by atoms with Crippen LogP contribution in [0, 0.1) is 19.7 Å². The van der Waals surface area contributed by atoms with E-state index in [1.807, 2.05) is 6.92 Å². The van der Waals surface area contributed by atoms with Gasteiger partial charge in [-0.15, -0.1) is 0 Å². The molecule has 0 aliphatic carbocycles. The SMILES string of the molecule is Cc1cc(F)ccc1S(=O)(=O)N1CCC(Oc2cc(C)n(C)c(=O)c2)CC1. The summed E-state index contributed by atoms with van der Waals surface area (Å²) in [7, 11) is -1.97. The predicted octanol–water partition coefficient (Wildman–Crippen LogP) is 2.37. The normalized spacial score (nSPS) is 16.4. The molecule has 3 rings (SSSR count). The molecule has 0 unspecified atom stereocenters. The molecule has 1 saturated heterocycles. The highest BCUT2D eigenvalue weighted by molar-refractivity contribution is 7.89. The molecule has 1 fully saturated rings. The van der Waals surface area contributed by atoms with Crippen LogP contribution in [-0.2, 0) is 17.1 Å². The number of nitrogens with zero attached hydrogens (tertiary/aromatic N) is 2. The van der Waals surface area contributed by atoms with Gasteiger partial charge in [-0.3, -0.25) is 4.79 Å². The van der Waals surface area contributed by atoms with Crippen molar-refractivity contribution in [3.8, 4) is 5.75 Å². The highest BCUT2D eigenvalue weighted by Crippen LogP contribution is 2.25. The molecule has 27 heavy (non-hydrogen) atoms. The molecule has 1 aromatic heterocycles. The Morgan fingerprint density at radius 3 is 2.37 bits per heavy atom. The summed E-state index contributed by atoms with van der Waals surface area (Å²) < 4.78 is 47.8. The Hall–Kier alpha value is -2.19. The third-order valence-corrected chi connectivity index (χ3v) is 6.99. The molecule has 0 N–H and O–H groups in total. The number of pyridine rings is 1. The fourth-order valence-corrected chi connectivity index (χ4v) is 4.90. The molecular weight excluding hydrogens is 371 g/mol. The van der Waals surface area contributed by atoms with Crippen molar-refractivity contribution < 1.29 is 17.5 Å². The molecule has 0 amide bonds. The second-order valence-corrected chi connectivity index (χ2v) is 8.77. The maximum atomic E-state index is 13.3. The zero-order chi connectivity index (χ0) is 19.8. The highest BCUT2D eigenvalue weighted by atomic mass is 32.2. The van der Waals surface area contributed by atoms with Crippen LogP contribution in [0.1, 0.15) is 24.1 Å². The van der Waals surface area contributed by atoms with Crippen LogP contribution in [0.2, 0.25) is 0 Å². The van der Waals surface area contributed by atoms with Crippen LogP contribution >= 0.6 is 0 Å². The molecule has 0 bridgehead atoms. The summed E-state index contributed by atoms with van der Waals surface area (Å²) >= 11 is 0. The molecule has 0 atom stereocenters. The molecular formula is C19H23FN2O4S. The Labute approximate surface area is 158 Å². The third-order valence-electron chi connectivity index (χ3n) is 4.94. The van der Waals surface area contributed by atoms with Gasteiger partial charge in [0, 0.05) is 31.9 Å². The average molecular weight is 394 g/mol. The zero-order valence-corrected chi connectivity index (χ0v) is 16.4. The van der Waals surface area contributed by atoms with Crippen LogP contribution in [0.25, 0.3) is 0 Å². The van der Waals surface area contributed by atoms with E-state index in [4.69, 9.17) is 4.74 Å². The Kier molecular flexibility index (Phi) is 5.39. The van der Waals surface area contributed by atoms with E-state index in [0.29, 0.717) is 37.2 Å². The molecule has 146 valence electrons. The Morgan fingerprint density at radius 1 is 1.11 bits per heavy atom. The van der Waals surface area contributed by atoms with Crippen molar-refractivity contribution >= 4 is 10.0 Å². The van der Waals surface area contributed by atoms with E-state index in [9.17, 15) is 17.6 Å². The van der Waals surface area contributed by atoms with Crippen LogP contribution < -0.4 is 10.3 Å². The smallest absolute Gasteiger partial charge is 0.254 e. The van der Waals surface area contributed by atoms with Crippen molar-refractivity contribution in [3.63, 3.8) is 0 Å². The molecule has 8 heteroatoms. The lowest BCUT2D eigenvalue weighted by Gasteiger charge is -2.31. The first-order chi connectivity index (χ1) is 12.7. The fraction of sp³-hybridized carbons (Fsp3) is 0.421. The van der Waals surface area contributed by atoms with Crippen molar-refractivity contribution in [1.29, 1.82) is 0 Å². The molecule has 0 radical (unpaired) electrons. The minimum absolute atomic E-state index is 0.130. The number of hydrogen-bond acceptors (Lipinski definition) is 4. The van der Waals surface area contributed by atoms with Gasteiger partial charge in [-0.25, -0.2) is 12.8 Å². The van der Waals surface area contributed by atoms with Gasteiger partial charge in [0.2, 0.25) is 10.0 Å². The van der Waals surface area contributed by atoms with Crippen LogP contribution in [0.5, 0.6) is 5.75 Å². The van der Waals surface area contributed by atoms with Gasteiger partial charge in [0.05, 0.1) is 4.90 Å². The Morgan fingerprint density at radius 2 is 1.78 bits per heavy atom. The van der Waals surface area contributed by atoms with E-state index >= 15 is 0 Å². The lowest BCUT2D eigenvalue weighted by molar-refractivity contribution is 0.134. The molecule has 1 aliphatic rings. The standard InChI is InChI=1S/C19H23FN2O4S/c1-13-10-15(20)4-5-18(13)27(24,25)22-8-6-16(7-9-22)26-17-11-14(2)21(3)19(23)12-17/h4-5,10-12,16H,6-9H2,1-3H3. The van der Waals surface area contributed by atoms with Gasteiger partial charge in [-0.05, 0) is 56.5 Å². The van der Waals surface area contributed by atoms with Gasteiger partial charge in [0.1, 0.15) is 17.7 Å². The molecule has 6 nitrogen and oxygen atoms in total. The van der Waals surface area contributed by atoms with Crippen LogP contribution in [-0.4, -0.2) is 36.5 Å². The topological polar surface area (TPSA) is 68.6 Å². The Balaban J connectivity index is 1.69. The lowest BCUT2D eigenvalue weighted by Crippen LogP contribution is -2.42. The average Bonchev–Trinajstić information content (AvgIpc) is 2.59. The van der Waals surface area contributed by atoms with Crippen molar-refractivity contribution in [1.82, 2.24) is 8.87 Å². The second-order valence-electron chi connectivity index (χ2n) is 6.86. The predicted molar refractivity (Wildman–Crippen MR) is 100.0 cm³/mol. The van der Waals surface area contributed by atoms with Crippen molar-refractivity contribution in [3.05, 3.63) is 57.8 Å². The van der Waals surface area contributed by atoms with Gasteiger partial charge < -0.3 is 9.30 Å². The summed E-state index contributed by atoms with van der Waals surface area (Å²) in [6, 6.07) is 6.94. The van der Waals surface area contributed by atoms with Crippen molar-refractivity contribution in [2.75, 3.05) is 13.1 Å². The maximum absolute atomic E-state index is 13.3. The number of hydrogen-bond donors (Lipinski definition) is 0. The maximum Gasteiger partial charge on any atom is 0.254 e. The van der Waals surface area contributed by atoms with E-state index < -0.39 is 15.8 Å². The molecule has 1 aromatic carbocycles. The van der Waals surface area contributed by atoms with E-state index in [1.165, 1.54) is 27.1 Å². The molecule has 0 saturated carbocycles. The van der Waals surface area contributed by atoms with Crippen molar-refractivity contribution in [2.24, 2.45) is 7.05 Å². The number of halogens is 1. The van der Waals surface area contributed by atoms with Crippen LogP contribution in [0.4, 0.5) is 4.39 Å². The third kappa shape index (κ3) is 4.06. The fourth-order valence-electron chi connectivity index (χ4n) is 3.23. The number of aryl methyl sites for hydroxylation is 2. The number of rotatable bonds is 4. The van der Waals surface area contributed by atoms with E-state index in [0.717, 1.165) is 11.8 Å². The summed E-state index contributed by atoms with van der Waals surface area (Å²) in [6.45, 7) is 4.04. The zero-order valence-electron chi connectivity index (χ0n) is 15.6. The molecule has 1 aliphatic heterocycles. The minimum Gasteiger partial charge on any atom is -0.490 e. The first-order valence-corrected chi connectivity index (χ1v) is 10.2. The van der Waals surface area contributed by atoms with E-state index in [2.05, 4.69) is 0 Å². The minimum atomic E-state index is -3.67. The first-order valence-electron chi connectivity index (χ1n) is 8.79. The number of aromatic nitrogens is 1. The molecule has 2 heterocycles. The number of ether oxygens (including phenoxy) is 1. The van der Waals surface area contributed by atoms with Crippen molar-refractivity contribution in [2.45, 2.75) is 37.7 Å². The highest BCUT2D eigenvalue weighted by Gasteiger charge is 2.31. The van der Waals surface area contributed by atoms with Gasteiger partial charge >= 0.3 is 0 Å². The quantitative estimate of drug-likeness (QED) is 0.798. The van der Waals surface area contributed by atoms with E-state index in [1.54, 1.807) is 20.0 Å². The summed E-state index contributed by atoms with van der Waals surface area (Å²) in [5, 5.41) is 0. The molecule has 2 aromatic rings. The number of sulfonamides is 1. The summed E-state index contributed by atoms with van der Waals surface area (Å²) in [5.41, 5.74) is 1.05. The summed E-state index contributed by atoms with van der Waals surface area (Å²) in [6.07, 6.45) is 0.888.